The fourth-order valence-electron chi connectivity index (χ4n) is 1.44. The Labute approximate surface area is 83.7 Å². The lowest BCUT2D eigenvalue weighted by Crippen LogP contribution is -2.20. The molecule has 0 amide bonds. The van der Waals surface area contributed by atoms with Crippen LogP contribution in [0.4, 0.5) is 4.39 Å². The highest BCUT2D eigenvalue weighted by atomic mass is 79.9. The highest BCUT2D eigenvalue weighted by Gasteiger charge is 2.44. The summed E-state index contributed by atoms with van der Waals surface area (Å²) in [5.74, 6) is -0.501. The van der Waals surface area contributed by atoms with E-state index in [1.54, 1.807) is 0 Å². The molecule has 1 aromatic rings. The number of phenolic OH excluding ortho intramolecular Hbond substituents is 1. The van der Waals surface area contributed by atoms with Crippen LogP contribution in [0.2, 0.25) is 0 Å². The van der Waals surface area contributed by atoms with Gasteiger partial charge >= 0.3 is 0 Å². The summed E-state index contributed by atoms with van der Waals surface area (Å²) >= 11 is 3.09. The highest BCUT2D eigenvalue weighted by molar-refractivity contribution is 9.10. The van der Waals surface area contributed by atoms with Crippen molar-refractivity contribution in [3.63, 3.8) is 0 Å². The molecular formula is C9H9BrFNO. The summed E-state index contributed by atoms with van der Waals surface area (Å²) < 4.78 is 13.9. The van der Waals surface area contributed by atoms with Crippen molar-refractivity contribution in [3.8, 4) is 5.75 Å². The molecule has 1 aliphatic carbocycles. The van der Waals surface area contributed by atoms with Crippen LogP contribution >= 0.6 is 15.9 Å². The SMILES string of the molecule is NC1(c2c(O)cc(Br)cc2F)CC1. The maximum absolute atomic E-state index is 13.4. The van der Waals surface area contributed by atoms with Crippen molar-refractivity contribution in [2.45, 2.75) is 18.4 Å². The van der Waals surface area contributed by atoms with E-state index in [4.69, 9.17) is 5.73 Å². The van der Waals surface area contributed by atoms with E-state index in [0.29, 0.717) is 4.47 Å². The molecule has 0 heterocycles. The monoisotopic (exact) mass is 245 g/mol. The maximum atomic E-state index is 13.4. The van der Waals surface area contributed by atoms with Crippen LogP contribution in [0.5, 0.6) is 5.75 Å². The van der Waals surface area contributed by atoms with Crippen LogP contribution in [-0.4, -0.2) is 5.11 Å². The summed E-state index contributed by atoms with van der Waals surface area (Å²) in [7, 11) is 0. The predicted molar refractivity (Wildman–Crippen MR) is 50.9 cm³/mol. The lowest BCUT2D eigenvalue weighted by atomic mass is 10.0. The average molecular weight is 246 g/mol. The third kappa shape index (κ3) is 1.44. The molecule has 0 bridgehead atoms. The van der Waals surface area contributed by atoms with Gasteiger partial charge in [-0.05, 0) is 25.0 Å². The normalized spacial score (nSPS) is 18.7. The van der Waals surface area contributed by atoms with Crippen molar-refractivity contribution in [3.05, 3.63) is 28.0 Å². The highest BCUT2D eigenvalue weighted by Crippen LogP contribution is 2.47. The molecule has 0 atom stereocenters. The number of hydrogen-bond donors (Lipinski definition) is 2. The number of phenols is 1. The molecule has 0 aromatic heterocycles. The molecule has 0 unspecified atom stereocenters. The van der Waals surface area contributed by atoms with Gasteiger partial charge in [-0.25, -0.2) is 4.39 Å². The summed E-state index contributed by atoms with van der Waals surface area (Å²) in [4.78, 5) is 0. The topological polar surface area (TPSA) is 46.2 Å². The summed E-state index contributed by atoms with van der Waals surface area (Å²) in [6.07, 6.45) is 1.47. The second-order valence-corrected chi connectivity index (χ2v) is 4.35. The van der Waals surface area contributed by atoms with Gasteiger partial charge in [0, 0.05) is 15.6 Å². The third-order valence-corrected chi connectivity index (χ3v) is 2.78. The van der Waals surface area contributed by atoms with Gasteiger partial charge in [0.15, 0.2) is 0 Å². The number of nitrogens with two attached hydrogens (primary N) is 1. The molecule has 4 heteroatoms. The summed E-state index contributed by atoms with van der Waals surface area (Å²) in [6.45, 7) is 0. The summed E-state index contributed by atoms with van der Waals surface area (Å²) in [5, 5.41) is 9.50. The molecule has 70 valence electrons. The molecule has 0 spiro atoms. The van der Waals surface area contributed by atoms with Crippen molar-refractivity contribution in [1.29, 1.82) is 0 Å². The minimum absolute atomic E-state index is 0.0631. The van der Waals surface area contributed by atoms with Crippen molar-refractivity contribution < 1.29 is 9.50 Å². The first-order chi connectivity index (χ1) is 6.03. The van der Waals surface area contributed by atoms with E-state index in [9.17, 15) is 9.50 Å². The fraction of sp³-hybridized carbons (Fsp3) is 0.333. The van der Waals surface area contributed by atoms with Crippen molar-refractivity contribution in [2.24, 2.45) is 5.73 Å². The Morgan fingerprint density at radius 2 is 2.08 bits per heavy atom. The van der Waals surface area contributed by atoms with E-state index >= 15 is 0 Å². The Hall–Kier alpha value is -0.610. The first-order valence-electron chi connectivity index (χ1n) is 4.00. The maximum Gasteiger partial charge on any atom is 0.133 e. The minimum atomic E-state index is -0.630. The molecular weight excluding hydrogens is 237 g/mol. The molecule has 1 aliphatic rings. The van der Waals surface area contributed by atoms with Crippen LogP contribution < -0.4 is 5.73 Å². The van der Waals surface area contributed by atoms with Crippen LogP contribution in [0, 0.1) is 5.82 Å². The Kier molecular flexibility index (Phi) is 1.85. The van der Waals surface area contributed by atoms with E-state index in [0.717, 1.165) is 12.8 Å². The van der Waals surface area contributed by atoms with Crippen molar-refractivity contribution in [1.82, 2.24) is 0 Å². The molecule has 13 heavy (non-hydrogen) atoms. The quantitative estimate of drug-likeness (QED) is 0.798. The Balaban J connectivity index is 2.57. The second kappa shape index (κ2) is 2.69. The average Bonchev–Trinajstić information content (AvgIpc) is 2.65. The summed E-state index contributed by atoms with van der Waals surface area (Å²) in [6, 6.07) is 2.79. The van der Waals surface area contributed by atoms with E-state index in [1.807, 2.05) is 0 Å². The molecule has 0 saturated heterocycles. The number of hydrogen-bond acceptors (Lipinski definition) is 2. The molecule has 3 N–H and O–H groups in total. The van der Waals surface area contributed by atoms with Crippen LogP contribution in [0.1, 0.15) is 18.4 Å². The third-order valence-electron chi connectivity index (χ3n) is 2.32. The molecule has 1 saturated carbocycles. The van der Waals surface area contributed by atoms with Crippen molar-refractivity contribution >= 4 is 15.9 Å². The van der Waals surface area contributed by atoms with Gasteiger partial charge in [0.25, 0.3) is 0 Å². The Morgan fingerprint density at radius 1 is 1.46 bits per heavy atom. The number of rotatable bonds is 1. The van der Waals surface area contributed by atoms with E-state index in [-0.39, 0.29) is 11.3 Å². The van der Waals surface area contributed by atoms with Gasteiger partial charge in [-0.15, -0.1) is 0 Å². The molecule has 2 rings (SSSR count). The minimum Gasteiger partial charge on any atom is -0.507 e. The smallest absolute Gasteiger partial charge is 0.133 e. The standard InChI is InChI=1S/C9H9BrFNO/c10-5-3-6(11)8(7(13)4-5)9(12)1-2-9/h3-4,13H,1-2,12H2. The van der Waals surface area contributed by atoms with Crippen molar-refractivity contribution in [2.75, 3.05) is 0 Å². The number of benzene rings is 1. The molecule has 1 aromatic carbocycles. The van der Waals surface area contributed by atoms with Gasteiger partial charge in [0.2, 0.25) is 0 Å². The van der Waals surface area contributed by atoms with Gasteiger partial charge in [-0.1, -0.05) is 15.9 Å². The van der Waals surface area contributed by atoms with Gasteiger partial charge < -0.3 is 10.8 Å². The van der Waals surface area contributed by atoms with Crippen LogP contribution in [0.15, 0.2) is 16.6 Å². The zero-order valence-electron chi connectivity index (χ0n) is 6.85. The first-order valence-corrected chi connectivity index (χ1v) is 4.80. The molecule has 1 fully saturated rings. The predicted octanol–water partition coefficient (Wildman–Crippen LogP) is 2.24. The fourth-order valence-corrected chi connectivity index (χ4v) is 1.86. The zero-order valence-corrected chi connectivity index (χ0v) is 8.44. The Bertz CT molecular complexity index is 340. The van der Waals surface area contributed by atoms with E-state index < -0.39 is 11.4 Å². The largest absolute Gasteiger partial charge is 0.507 e. The van der Waals surface area contributed by atoms with Gasteiger partial charge in [0.1, 0.15) is 11.6 Å². The summed E-state index contributed by atoms with van der Waals surface area (Å²) in [5.41, 5.74) is 5.42. The van der Waals surface area contributed by atoms with Gasteiger partial charge in [0.05, 0.1) is 0 Å². The Morgan fingerprint density at radius 3 is 2.54 bits per heavy atom. The van der Waals surface area contributed by atoms with Crippen LogP contribution in [-0.2, 0) is 5.54 Å². The van der Waals surface area contributed by atoms with E-state index in [2.05, 4.69) is 15.9 Å². The second-order valence-electron chi connectivity index (χ2n) is 3.44. The first kappa shape index (κ1) is 8.97. The lowest BCUT2D eigenvalue weighted by molar-refractivity contribution is 0.446. The van der Waals surface area contributed by atoms with Crippen LogP contribution in [0.3, 0.4) is 0 Å². The zero-order chi connectivity index (χ0) is 9.64. The molecule has 0 radical (unpaired) electrons. The van der Waals surface area contributed by atoms with E-state index in [1.165, 1.54) is 12.1 Å². The number of aromatic hydroxyl groups is 1. The lowest BCUT2D eigenvalue weighted by Gasteiger charge is -2.12. The van der Waals surface area contributed by atoms with Crippen LogP contribution in [0.25, 0.3) is 0 Å². The molecule has 2 nitrogen and oxygen atoms in total. The molecule has 0 aliphatic heterocycles. The number of halogens is 2. The van der Waals surface area contributed by atoms with Gasteiger partial charge in [-0.3, -0.25) is 0 Å². The van der Waals surface area contributed by atoms with Gasteiger partial charge in [-0.2, -0.15) is 0 Å².